The molecular weight excluding hydrogens is 260 g/mol. The fourth-order valence-electron chi connectivity index (χ4n) is 2.23. The molecule has 3 nitrogen and oxygen atoms in total. The molecule has 0 heterocycles. The monoisotopic (exact) mass is 286 g/mol. The van der Waals surface area contributed by atoms with Crippen molar-refractivity contribution in [1.29, 1.82) is 0 Å². The fraction of sp³-hybridized carbons (Fsp3) is 0.389. The lowest BCUT2D eigenvalue weighted by Crippen LogP contribution is -2.10. The van der Waals surface area contributed by atoms with E-state index < -0.39 is 0 Å². The van der Waals surface area contributed by atoms with Crippen molar-refractivity contribution in [3.8, 4) is 0 Å². The Bertz CT molecular complexity index is 533. The minimum Gasteiger partial charge on any atom is -0.392 e. The van der Waals surface area contributed by atoms with Crippen LogP contribution in [0.5, 0.6) is 0 Å². The van der Waals surface area contributed by atoms with Gasteiger partial charge in [-0.2, -0.15) is 0 Å². The number of benzene rings is 1. The molecule has 114 valence electrons. The first-order chi connectivity index (χ1) is 10.0. The molecule has 0 bridgehead atoms. The number of rotatable bonds is 7. The van der Waals surface area contributed by atoms with Crippen LogP contribution in [-0.4, -0.2) is 17.9 Å². The van der Waals surface area contributed by atoms with Crippen molar-refractivity contribution in [2.24, 2.45) is 4.99 Å². The van der Waals surface area contributed by atoms with E-state index in [2.05, 4.69) is 29.9 Å². The Morgan fingerprint density at radius 1 is 1.33 bits per heavy atom. The minimum absolute atomic E-state index is 0.0599. The molecule has 0 atom stereocenters. The van der Waals surface area contributed by atoms with Crippen molar-refractivity contribution in [1.82, 2.24) is 0 Å². The highest BCUT2D eigenvalue weighted by Gasteiger charge is 2.08. The number of nitrogens with one attached hydrogen (secondary N) is 1. The first-order valence-electron chi connectivity index (χ1n) is 7.34. The molecule has 0 radical (unpaired) electrons. The standard InChI is InChI=1S/C18H26N2O/c1-6-7-8-9-17(19-5)15(4)20-18-13(2)10-16(12-21)11-14(18)3/h8-11,20-21H,4,6-7,12H2,1-3,5H3/b9-8-,19-17+. The Labute approximate surface area is 128 Å². The third-order valence-corrected chi connectivity index (χ3v) is 3.33. The van der Waals surface area contributed by atoms with Gasteiger partial charge in [0.1, 0.15) is 0 Å². The number of anilines is 1. The lowest BCUT2D eigenvalue weighted by molar-refractivity contribution is 0.281. The zero-order chi connectivity index (χ0) is 15.8. The number of hydrogen-bond acceptors (Lipinski definition) is 3. The van der Waals surface area contributed by atoms with Crippen LogP contribution in [0.1, 0.15) is 36.5 Å². The van der Waals surface area contributed by atoms with Gasteiger partial charge >= 0.3 is 0 Å². The molecule has 1 aromatic carbocycles. The van der Waals surface area contributed by atoms with E-state index in [1.165, 1.54) is 0 Å². The van der Waals surface area contributed by atoms with E-state index in [4.69, 9.17) is 0 Å². The summed E-state index contributed by atoms with van der Waals surface area (Å²) in [6, 6.07) is 3.97. The number of aryl methyl sites for hydroxylation is 2. The largest absolute Gasteiger partial charge is 0.392 e. The highest BCUT2D eigenvalue weighted by Crippen LogP contribution is 2.24. The minimum atomic E-state index is 0.0599. The topological polar surface area (TPSA) is 44.6 Å². The van der Waals surface area contributed by atoms with Crippen molar-refractivity contribution in [2.75, 3.05) is 12.4 Å². The SMILES string of the molecule is C=C(Nc1c(C)cc(CO)cc1C)C(/C=C\CCC)=N/C. The normalized spacial score (nSPS) is 12.0. The molecule has 0 saturated carbocycles. The quantitative estimate of drug-likeness (QED) is 0.740. The predicted molar refractivity (Wildman–Crippen MR) is 92.0 cm³/mol. The van der Waals surface area contributed by atoms with Gasteiger partial charge in [-0.1, -0.05) is 38.1 Å². The van der Waals surface area contributed by atoms with E-state index in [0.717, 1.165) is 46.6 Å². The summed E-state index contributed by atoms with van der Waals surface area (Å²) in [5.41, 5.74) is 5.78. The van der Waals surface area contributed by atoms with Crippen molar-refractivity contribution in [3.63, 3.8) is 0 Å². The van der Waals surface area contributed by atoms with Crippen molar-refractivity contribution >= 4 is 11.4 Å². The zero-order valence-electron chi connectivity index (χ0n) is 13.5. The molecule has 0 aliphatic rings. The molecular formula is C18H26N2O. The highest BCUT2D eigenvalue weighted by atomic mass is 16.3. The van der Waals surface area contributed by atoms with Gasteiger partial charge in [-0.25, -0.2) is 0 Å². The van der Waals surface area contributed by atoms with Crippen molar-refractivity contribution < 1.29 is 5.11 Å². The van der Waals surface area contributed by atoms with Crippen LogP contribution in [0.25, 0.3) is 0 Å². The van der Waals surface area contributed by atoms with E-state index in [9.17, 15) is 5.11 Å². The first kappa shape index (κ1) is 17.2. The molecule has 2 N–H and O–H groups in total. The highest BCUT2D eigenvalue weighted by molar-refractivity contribution is 6.09. The molecule has 3 heteroatoms. The maximum absolute atomic E-state index is 9.24. The maximum atomic E-state index is 9.24. The van der Waals surface area contributed by atoms with Gasteiger partial charge in [0.2, 0.25) is 0 Å². The zero-order valence-corrected chi connectivity index (χ0v) is 13.5. The third kappa shape index (κ3) is 4.87. The number of hydrogen-bond donors (Lipinski definition) is 2. The molecule has 0 aromatic heterocycles. The second-order valence-corrected chi connectivity index (χ2v) is 5.17. The number of aliphatic hydroxyl groups is 1. The van der Waals surface area contributed by atoms with Crippen LogP contribution in [0.2, 0.25) is 0 Å². The average Bonchev–Trinajstić information content (AvgIpc) is 2.47. The second kappa shape index (κ2) is 8.42. The third-order valence-electron chi connectivity index (χ3n) is 3.33. The lowest BCUT2D eigenvalue weighted by Gasteiger charge is -2.16. The summed E-state index contributed by atoms with van der Waals surface area (Å²) in [6.07, 6.45) is 6.28. The van der Waals surface area contributed by atoms with Gasteiger partial charge in [-0.15, -0.1) is 0 Å². The number of aliphatic hydroxyl groups excluding tert-OH is 1. The van der Waals surface area contributed by atoms with Gasteiger partial charge in [-0.3, -0.25) is 4.99 Å². The number of aliphatic imine (C=N–C) groups is 1. The summed E-state index contributed by atoms with van der Waals surface area (Å²) in [7, 11) is 1.77. The van der Waals surface area contributed by atoms with Crippen LogP contribution in [0, 0.1) is 13.8 Å². The number of unbranched alkanes of at least 4 members (excludes halogenated alkanes) is 1. The van der Waals surface area contributed by atoms with E-state index in [1.54, 1.807) is 7.05 Å². The van der Waals surface area contributed by atoms with E-state index >= 15 is 0 Å². The van der Waals surface area contributed by atoms with Gasteiger partial charge in [0.05, 0.1) is 18.0 Å². The molecule has 21 heavy (non-hydrogen) atoms. The number of nitrogens with zero attached hydrogens (tertiary/aromatic N) is 1. The van der Waals surface area contributed by atoms with E-state index in [-0.39, 0.29) is 6.61 Å². The van der Waals surface area contributed by atoms with E-state index in [0.29, 0.717) is 0 Å². The Balaban J connectivity index is 2.92. The van der Waals surface area contributed by atoms with Gasteiger partial charge < -0.3 is 10.4 Å². The molecule has 0 amide bonds. The summed E-state index contributed by atoms with van der Waals surface area (Å²) in [4.78, 5) is 4.28. The molecule has 0 unspecified atom stereocenters. The van der Waals surface area contributed by atoms with Crippen molar-refractivity contribution in [3.05, 3.63) is 53.3 Å². The second-order valence-electron chi connectivity index (χ2n) is 5.17. The van der Waals surface area contributed by atoms with Crippen LogP contribution >= 0.6 is 0 Å². The predicted octanol–water partition coefficient (Wildman–Crippen LogP) is 4.15. The Morgan fingerprint density at radius 2 is 1.95 bits per heavy atom. The summed E-state index contributed by atoms with van der Waals surface area (Å²) >= 11 is 0. The molecule has 0 saturated heterocycles. The molecule has 0 spiro atoms. The first-order valence-corrected chi connectivity index (χ1v) is 7.34. The van der Waals surface area contributed by atoms with E-state index in [1.807, 2.05) is 32.1 Å². The summed E-state index contributed by atoms with van der Waals surface area (Å²) in [5, 5.41) is 12.6. The van der Waals surface area contributed by atoms with Gasteiger partial charge in [0.15, 0.2) is 0 Å². The summed E-state index contributed by atoms with van der Waals surface area (Å²) in [5.74, 6) is 0. The number of allylic oxidation sites excluding steroid dienone is 2. The van der Waals surface area contributed by atoms with Crippen LogP contribution in [-0.2, 0) is 6.61 Å². The molecule has 1 aromatic rings. The molecule has 1 rings (SSSR count). The van der Waals surface area contributed by atoms with Gasteiger partial charge in [0.25, 0.3) is 0 Å². The van der Waals surface area contributed by atoms with Crippen LogP contribution in [0.4, 0.5) is 5.69 Å². The summed E-state index contributed by atoms with van der Waals surface area (Å²) in [6.45, 7) is 10.3. The Morgan fingerprint density at radius 3 is 2.43 bits per heavy atom. The maximum Gasteiger partial charge on any atom is 0.0796 e. The Kier molecular flexibility index (Phi) is 6.89. The van der Waals surface area contributed by atoms with Gasteiger partial charge in [-0.05, 0) is 43.0 Å². The smallest absolute Gasteiger partial charge is 0.0796 e. The molecule has 0 aliphatic heterocycles. The molecule has 0 fully saturated rings. The van der Waals surface area contributed by atoms with Crippen LogP contribution in [0.3, 0.4) is 0 Å². The summed E-state index contributed by atoms with van der Waals surface area (Å²) < 4.78 is 0. The Hall–Kier alpha value is -1.87. The van der Waals surface area contributed by atoms with Gasteiger partial charge in [0, 0.05) is 12.7 Å². The average molecular weight is 286 g/mol. The molecule has 0 aliphatic carbocycles. The van der Waals surface area contributed by atoms with Crippen LogP contribution < -0.4 is 5.32 Å². The van der Waals surface area contributed by atoms with Crippen molar-refractivity contribution in [2.45, 2.75) is 40.2 Å². The fourth-order valence-corrected chi connectivity index (χ4v) is 2.23. The van der Waals surface area contributed by atoms with Crippen LogP contribution in [0.15, 0.2) is 41.6 Å². The lowest BCUT2D eigenvalue weighted by atomic mass is 10.0.